The van der Waals surface area contributed by atoms with Gasteiger partial charge in [0.15, 0.2) is 0 Å². The second kappa shape index (κ2) is 10.1. The lowest BCUT2D eigenvalue weighted by Gasteiger charge is -2.45. The lowest BCUT2D eigenvalue weighted by atomic mass is 9.55. The van der Waals surface area contributed by atoms with E-state index in [4.69, 9.17) is 16.3 Å². The van der Waals surface area contributed by atoms with Gasteiger partial charge >= 0.3 is 5.97 Å². The van der Waals surface area contributed by atoms with E-state index in [0.29, 0.717) is 27.7 Å². The number of hydrogen-bond donors (Lipinski definition) is 0. The molecule has 224 valence electrons. The summed E-state index contributed by atoms with van der Waals surface area (Å²) in [5.74, 6) is -2.73. The van der Waals surface area contributed by atoms with Crippen LogP contribution in [-0.2, 0) is 19.2 Å². The maximum Gasteiger partial charge on any atom is 0.316 e. The zero-order valence-electron chi connectivity index (χ0n) is 24.7. The number of anilines is 2. The summed E-state index contributed by atoms with van der Waals surface area (Å²) >= 11 is 6.26. The summed E-state index contributed by atoms with van der Waals surface area (Å²) < 4.78 is 5.73. The van der Waals surface area contributed by atoms with Crippen LogP contribution in [0.2, 0.25) is 5.02 Å². The zero-order chi connectivity index (χ0) is 31.1. The molecule has 0 spiro atoms. The van der Waals surface area contributed by atoms with Crippen LogP contribution >= 0.6 is 11.6 Å². The second-order valence-electron chi connectivity index (χ2n) is 12.4. The third kappa shape index (κ3) is 4.03. The molecule has 3 aliphatic carbocycles. The molecule has 45 heavy (non-hydrogen) atoms. The summed E-state index contributed by atoms with van der Waals surface area (Å²) in [5.41, 5.74) is 7.09. The van der Waals surface area contributed by atoms with E-state index in [1.54, 1.807) is 42.2 Å². The van der Waals surface area contributed by atoms with Crippen molar-refractivity contribution < 1.29 is 23.9 Å². The average Bonchev–Trinajstić information content (AvgIpc) is 3.55. The first kappa shape index (κ1) is 27.8. The highest BCUT2D eigenvalue weighted by molar-refractivity contribution is 6.31. The van der Waals surface area contributed by atoms with Crippen LogP contribution in [0.1, 0.15) is 51.6 Å². The molecular formula is C37H29ClN2O5. The summed E-state index contributed by atoms with van der Waals surface area (Å²) in [6.45, 7) is 3.84. The van der Waals surface area contributed by atoms with Crippen LogP contribution in [0.4, 0.5) is 11.4 Å². The lowest BCUT2D eigenvalue weighted by molar-refractivity contribution is -0.139. The van der Waals surface area contributed by atoms with Crippen LogP contribution in [0.5, 0.6) is 5.75 Å². The molecule has 2 heterocycles. The number of imide groups is 1. The van der Waals surface area contributed by atoms with Gasteiger partial charge in [-0.1, -0.05) is 66.2 Å². The fourth-order valence-electron chi connectivity index (χ4n) is 8.04. The fraction of sp³-hybridized carbons (Fsp3) is 0.243. The van der Waals surface area contributed by atoms with E-state index in [1.807, 2.05) is 37.3 Å². The number of aryl methyl sites for hydroxylation is 1. The van der Waals surface area contributed by atoms with E-state index in [9.17, 15) is 19.2 Å². The molecule has 2 aliphatic heterocycles. The van der Waals surface area contributed by atoms with Crippen molar-refractivity contribution in [3.8, 4) is 5.75 Å². The van der Waals surface area contributed by atoms with Crippen molar-refractivity contribution in [1.29, 1.82) is 0 Å². The molecule has 3 atom stereocenters. The lowest BCUT2D eigenvalue weighted by Crippen LogP contribution is -2.41. The quantitative estimate of drug-likeness (QED) is 0.152. The van der Waals surface area contributed by atoms with Gasteiger partial charge in [0.25, 0.3) is 0 Å². The maximum atomic E-state index is 14.1. The number of rotatable bonds is 4. The molecule has 0 radical (unpaired) electrons. The van der Waals surface area contributed by atoms with Gasteiger partial charge in [-0.25, -0.2) is 4.90 Å². The number of amides is 3. The van der Waals surface area contributed by atoms with E-state index in [2.05, 4.69) is 24.3 Å². The van der Waals surface area contributed by atoms with E-state index in [1.165, 1.54) is 4.90 Å². The fourth-order valence-corrected chi connectivity index (χ4v) is 8.21. The number of hydrogen-bond acceptors (Lipinski definition) is 5. The molecule has 2 fully saturated rings. The second-order valence-corrected chi connectivity index (χ2v) is 12.8. The minimum Gasteiger partial charge on any atom is -0.426 e. The van der Waals surface area contributed by atoms with E-state index < -0.39 is 23.7 Å². The normalized spacial score (nSPS) is 24.5. The van der Waals surface area contributed by atoms with Crippen LogP contribution in [0.3, 0.4) is 0 Å². The molecule has 4 aromatic carbocycles. The highest BCUT2D eigenvalue weighted by Gasteiger charge is 2.61. The van der Waals surface area contributed by atoms with Crippen molar-refractivity contribution in [2.75, 3.05) is 16.3 Å². The summed E-state index contributed by atoms with van der Waals surface area (Å²) in [4.78, 5) is 57.2. The Morgan fingerprint density at radius 2 is 1.33 bits per heavy atom. The minimum absolute atomic E-state index is 0.0362. The number of halogens is 1. The van der Waals surface area contributed by atoms with Crippen LogP contribution in [0, 0.1) is 31.6 Å². The topological polar surface area (TPSA) is 84.0 Å². The molecule has 8 heteroatoms. The number of ether oxygens (including phenoxy) is 1. The number of carbonyl (C=O) groups is 4. The predicted molar refractivity (Wildman–Crippen MR) is 170 cm³/mol. The highest BCUT2D eigenvalue weighted by Crippen LogP contribution is 2.61. The number of nitrogens with zero attached hydrogens (tertiary/aromatic N) is 2. The van der Waals surface area contributed by atoms with Crippen molar-refractivity contribution in [2.24, 2.45) is 17.8 Å². The largest absolute Gasteiger partial charge is 0.426 e. The van der Waals surface area contributed by atoms with Gasteiger partial charge in [-0.05, 0) is 77.6 Å². The first-order valence-corrected chi connectivity index (χ1v) is 15.6. The monoisotopic (exact) mass is 616 g/mol. The Labute approximate surface area is 265 Å². The van der Waals surface area contributed by atoms with Crippen molar-refractivity contribution in [3.63, 3.8) is 0 Å². The summed E-state index contributed by atoms with van der Waals surface area (Å²) in [7, 11) is 0. The third-order valence-corrected chi connectivity index (χ3v) is 10.5. The smallest absolute Gasteiger partial charge is 0.316 e. The Morgan fingerprint density at radius 1 is 0.756 bits per heavy atom. The van der Waals surface area contributed by atoms with Crippen molar-refractivity contribution in [3.05, 3.63) is 123 Å². The van der Waals surface area contributed by atoms with Crippen LogP contribution < -0.4 is 14.5 Å². The SMILES string of the molecule is Cc1cc(OC(=O)[C@@H]2CC(=O)N(c3cccc(Cl)c3C)C2)ccc1N1C(=O)[C@@H]2C3c4ccccc4C(c4ccccc43)[C@@H]2C1=O. The van der Waals surface area contributed by atoms with Gasteiger partial charge in [0.05, 0.1) is 23.4 Å². The molecule has 7 nitrogen and oxygen atoms in total. The highest BCUT2D eigenvalue weighted by atomic mass is 35.5. The molecule has 3 amide bonds. The average molecular weight is 617 g/mol. The Bertz CT molecular complexity index is 1850. The van der Waals surface area contributed by atoms with Crippen molar-refractivity contribution in [1.82, 2.24) is 0 Å². The zero-order valence-corrected chi connectivity index (χ0v) is 25.5. The molecule has 0 saturated carbocycles. The molecule has 0 aromatic heterocycles. The number of esters is 1. The summed E-state index contributed by atoms with van der Waals surface area (Å²) in [5, 5.41) is 0.554. The van der Waals surface area contributed by atoms with Gasteiger partial charge in [-0.3, -0.25) is 19.2 Å². The predicted octanol–water partition coefficient (Wildman–Crippen LogP) is 6.31. The van der Waals surface area contributed by atoms with Crippen LogP contribution in [0.25, 0.3) is 0 Å². The van der Waals surface area contributed by atoms with Gasteiger partial charge < -0.3 is 9.64 Å². The van der Waals surface area contributed by atoms with E-state index in [-0.39, 0.29) is 42.5 Å². The molecule has 0 N–H and O–H groups in total. The Morgan fingerprint density at radius 3 is 1.89 bits per heavy atom. The Hall–Kier alpha value is -4.75. The summed E-state index contributed by atoms with van der Waals surface area (Å²) in [6.07, 6.45) is 0.0362. The number of benzene rings is 4. The van der Waals surface area contributed by atoms with Gasteiger partial charge in [-0.2, -0.15) is 0 Å². The molecule has 9 rings (SSSR count). The van der Waals surface area contributed by atoms with Gasteiger partial charge in [-0.15, -0.1) is 0 Å². The maximum absolute atomic E-state index is 14.1. The summed E-state index contributed by atoms with van der Waals surface area (Å²) in [6, 6.07) is 26.6. The molecular weight excluding hydrogens is 588 g/mol. The van der Waals surface area contributed by atoms with Crippen molar-refractivity contribution in [2.45, 2.75) is 32.1 Å². The van der Waals surface area contributed by atoms with Crippen molar-refractivity contribution >= 4 is 46.7 Å². The van der Waals surface area contributed by atoms with Crippen LogP contribution in [0.15, 0.2) is 84.9 Å². The molecule has 5 aliphatic rings. The Balaban J connectivity index is 1.04. The number of carbonyl (C=O) groups excluding carboxylic acids is 4. The van der Waals surface area contributed by atoms with Gasteiger partial charge in [0.1, 0.15) is 5.75 Å². The van der Waals surface area contributed by atoms with E-state index in [0.717, 1.165) is 27.8 Å². The molecule has 0 unspecified atom stereocenters. The van der Waals surface area contributed by atoms with E-state index >= 15 is 0 Å². The molecule has 2 bridgehead atoms. The third-order valence-electron chi connectivity index (χ3n) is 10.1. The standard InChI is InChI=1S/C37H29ClN2O5/c1-19-16-22(45-37(44)21-17-30(41)39(18-21)29-13-7-12-27(38)20(29)2)14-15-28(19)40-35(42)33-31-23-8-3-4-9-24(23)32(34(33)36(40)43)26-11-6-5-10-25(26)31/h3-16,21,31-34H,17-18H2,1-2H3/t21-,31?,32?,33-,34+/m1/s1. The molecule has 2 saturated heterocycles. The van der Waals surface area contributed by atoms with Gasteiger partial charge in [0.2, 0.25) is 17.7 Å². The first-order valence-electron chi connectivity index (χ1n) is 15.2. The van der Waals surface area contributed by atoms with Crippen LogP contribution in [-0.4, -0.2) is 30.2 Å². The minimum atomic E-state index is -0.639. The van der Waals surface area contributed by atoms with Gasteiger partial charge in [0, 0.05) is 35.5 Å². The Kier molecular flexibility index (Phi) is 6.26. The molecule has 4 aromatic rings. The first-order chi connectivity index (χ1) is 21.7.